The molecule has 0 fully saturated rings. The van der Waals surface area contributed by atoms with Gasteiger partial charge >= 0.3 is 17.9 Å². The van der Waals surface area contributed by atoms with Crippen molar-refractivity contribution in [2.75, 3.05) is 23.8 Å². The average molecular weight is 880 g/mol. The van der Waals surface area contributed by atoms with Gasteiger partial charge in [-0.1, -0.05) is 24.6 Å². The van der Waals surface area contributed by atoms with Gasteiger partial charge in [0, 0.05) is 42.0 Å². The molecule has 0 radical (unpaired) electrons. The number of halogens is 1. The van der Waals surface area contributed by atoms with Crippen LogP contribution in [0, 0.1) is 13.8 Å². The van der Waals surface area contributed by atoms with E-state index in [0.29, 0.717) is 57.2 Å². The number of furan rings is 1. The number of aromatic nitrogens is 1. The van der Waals surface area contributed by atoms with Crippen LogP contribution in [0.1, 0.15) is 94.6 Å². The molecule has 2 unspecified atom stereocenters. The Labute approximate surface area is 356 Å². The minimum absolute atomic E-state index is 0.0188. The van der Waals surface area contributed by atoms with E-state index < -0.39 is 51.6 Å². The van der Waals surface area contributed by atoms with Gasteiger partial charge in [0.25, 0.3) is 11.8 Å². The first kappa shape index (κ1) is 45.8. The summed E-state index contributed by atoms with van der Waals surface area (Å²) in [6, 6.07) is 10.6. The fourth-order valence-electron chi connectivity index (χ4n) is 6.36. The number of carbonyl (C=O) groups is 6. The van der Waals surface area contributed by atoms with E-state index in [1.165, 1.54) is 26.2 Å². The molecular weight excluding hydrogens is 834 g/mol. The number of sulfonamides is 1. The van der Waals surface area contributed by atoms with Crippen molar-refractivity contribution in [1.82, 2.24) is 10.3 Å². The molecule has 61 heavy (non-hydrogen) atoms. The Morgan fingerprint density at radius 3 is 2.48 bits per heavy atom. The molecule has 324 valence electrons. The summed E-state index contributed by atoms with van der Waals surface area (Å²) in [4.78, 5) is 79.8. The Bertz CT molecular complexity index is 2490. The molecule has 4 aromatic rings. The Hall–Kier alpha value is -6.24. The number of benzene rings is 2. The summed E-state index contributed by atoms with van der Waals surface area (Å²) >= 11 is 6.13. The van der Waals surface area contributed by atoms with E-state index in [1.807, 2.05) is 6.92 Å². The summed E-state index contributed by atoms with van der Waals surface area (Å²) in [7, 11) is -4.34. The highest BCUT2D eigenvalue weighted by molar-refractivity contribution is 7.89. The minimum Gasteiger partial charge on any atom is -0.467 e. The lowest BCUT2D eigenvalue weighted by Crippen LogP contribution is -2.30. The Morgan fingerprint density at radius 1 is 1.03 bits per heavy atom. The van der Waals surface area contributed by atoms with E-state index in [2.05, 4.69) is 20.9 Å². The van der Waals surface area contributed by atoms with Crippen molar-refractivity contribution in [3.05, 3.63) is 98.7 Å². The van der Waals surface area contributed by atoms with E-state index in [1.54, 1.807) is 50.3 Å². The fourth-order valence-corrected chi connectivity index (χ4v) is 7.46. The standard InChI is InChI=1S/C42H46ClN5O12S/c1-6-13-45-40(52)38-23(3)34(47-24(38)4)17-30-29-16-26(9-11-33(29)48-39(30)51)15-27(49)10-12-37(50)59-22(2)21-58-41(53)25(5)60-42(54)31-18-36(61(44,55)56)32(43)19-35(31)46-20-28-8-7-14-57-28/h7-9,11,14,16-19,22,25,46-47H,6,10,12-13,15,20-21H2,1-5H3,(H,45,52)(H,48,51)(H2,44,55,56)/b30-17-. The summed E-state index contributed by atoms with van der Waals surface area (Å²) in [5.74, 6) is -3.09. The monoisotopic (exact) mass is 879 g/mol. The van der Waals surface area contributed by atoms with Crippen LogP contribution in [-0.2, 0) is 56.4 Å². The first-order valence-corrected chi connectivity index (χ1v) is 21.1. The van der Waals surface area contributed by atoms with E-state index in [4.69, 9.17) is 35.4 Å². The molecule has 0 aliphatic carbocycles. The molecule has 2 aromatic heterocycles. The van der Waals surface area contributed by atoms with Crippen molar-refractivity contribution < 1.29 is 55.8 Å². The summed E-state index contributed by atoms with van der Waals surface area (Å²) in [6.07, 6.45) is 1.10. The number of rotatable bonds is 19. The molecule has 0 spiro atoms. The first-order chi connectivity index (χ1) is 28.9. The maximum Gasteiger partial charge on any atom is 0.347 e. The van der Waals surface area contributed by atoms with E-state index in [0.717, 1.165) is 12.5 Å². The maximum absolute atomic E-state index is 13.2. The van der Waals surface area contributed by atoms with Gasteiger partial charge in [0.15, 0.2) is 6.10 Å². The number of amides is 2. The van der Waals surface area contributed by atoms with Gasteiger partial charge in [-0.05, 0) is 87.7 Å². The summed E-state index contributed by atoms with van der Waals surface area (Å²) in [5, 5.41) is 13.6. The summed E-state index contributed by atoms with van der Waals surface area (Å²) in [5.41, 5.74) is 4.44. The smallest absolute Gasteiger partial charge is 0.347 e. The number of hydrogen-bond donors (Lipinski definition) is 5. The van der Waals surface area contributed by atoms with Crippen molar-refractivity contribution in [1.29, 1.82) is 0 Å². The SMILES string of the molecule is CCCNC(=O)c1c(C)[nH]c(/C=C2\C(=O)Nc3ccc(CC(=O)CCC(=O)OC(C)COC(=O)C(C)OC(=O)c4cc(S(N)(=O)=O)c(Cl)cc4NCc4ccco4)cc32)c1C. The number of H-pyrrole nitrogens is 1. The zero-order chi connectivity index (χ0) is 44.6. The number of esters is 3. The predicted octanol–water partition coefficient (Wildman–Crippen LogP) is 5.38. The number of nitrogens with one attached hydrogen (secondary N) is 4. The molecule has 0 saturated carbocycles. The molecule has 0 saturated heterocycles. The van der Waals surface area contributed by atoms with Gasteiger partial charge in [-0.15, -0.1) is 0 Å². The lowest BCUT2D eigenvalue weighted by molar-refractivity contribution is -0.163. The van der Waals surface area contributed by atoms with Crippen molar-refractivity contribution in [3.63, 3.8) is 0 Å². The van der Waals surface area contributed by atoms with Gasteiger partial charge in [0.2, 0.25) is 10.0 Å². The fraction of sp³-hybridized carbons (Fsp3) is 0.333. The molecular formula is C42H46ClN5O12S. The van der Waals surface area contributed by atoms with Crippen LogP contribution in [0.25, 0.3) is 11.6 Å². The number of carbonyl (C=O) groups excluding carboxylic acids is 6. The van der Waals surface area contributed by atoms with E-state index in [-0.39, 0.29) is 59.7 Å². The van der Waals surface area contributed by atoms with Crippen LogP contribution in [0.15, 0.2) is 58.0 Å². The molecule has 2 amide bonds. The van der Waals surface area contributed by atoms with Gasteiger partial charge in [0.05, 0.1) is 46.6 Å². The Balaban J connectivity index is 1.11. The molecule has 2 aromatic carbocycles. The average Bonchev–Trinajstić information content (AvgIpc) is 3.90. The molecule has 3 heterocycles. The topological polar surface area (TPSA) is 255 Å². The number of primary sulfonamides is 1. The van der Waals surface area contributed by atoms with Crippen LogP contribution < -0.4 is 21.1 Å². The normalized spacial score (nSPS) is 13.8. The predicted molar refractivity (Wildman–Crippen MR) is 224 cm³/mol. The summed E-state index contributed by atoms with van der Waals surface area (Å²) < 4.78 is 45.2. The third-order valence-corrected chi connectivity index (χ3v) is 10.8. The van der Waals surface area contributed by atoms with Crippen molar-refractivity contribution in [3.8, 4) is 0 Å². The lowest BCUT2D eigenvalue weighted by Gasteiger charge is -2.18. The first-order valence-electron chi connectivity index (χ1n) is 19.2. The second-order valence-electron chi connectivity index (χ2n) is 14.3. The Kier molecular flexibility index (Phi) is 14.9. The van der Waals surface area contributed by atoms with E-state index in [9.17, 15) is 37.2 Å². The van der Waals surface area contributed by atoms with E-state index >= 15 is 0 Å². The van der Waals surface area contributed by atoms with Gasteiger partial charge in [-0.25, -0.2) is 23.1 Å². The van der Waals surface area contributed by atoms with Gasteiger partial charge < -0.3 is 39.6 Å². The maximum atomic E-state index is 13.2. The minimum atomic E-state index is -4.34. The van der Waals surface area contributed by atoms with Crippen LogP contribution in [-0.4, -0.2) is 74.3 Å². The molecule has 5 rings (SSSR count). The third kappa shape index (κ3) is 11.7. The molecule has 17 nitrogen and oxygen atoms in total. The number of aryl methyl sites for hydroxylation is 1. The van der Waals surface area contributed by atoms with Crippen molar-refractivity contribution >= 4 is 80.2 Å². The third-order valence-electron chi connectivity index (χ3n) is 9.44. The molecule has 1 aliphatic heterocycles. The largest absolute Gasteiger partial charge is 0.467 e. The summed E-state index contributed by atoms with van der Waals surface area (Å²) in [6.45, 7) is 8.48. The highest BCUT2D eigenvalue weighted by Crippen LogP contribution is 2.35. The highest BCUT2D eigenvalue weighted by Gasteiger charge is 2.28. The quantitative estimate of drug-likeness (QED) is 0.0451. The van der Waals surface area contributed by atoms with Crippen LogP contribution >= 0.6 is 11.6 Å². The number of ketones is 1. The number of aromatic amines is 1. The number of ether oxygens (including phenoxy) is 3. The highest BCUT2D eigenvalue weighted by atomic mass is 35.5. The number of nitrogens with two attached hydrogens (primary N) is 1. The molecule has 2 atom stereocenters. The van der Waals surface area contributed by atoms with Crippen LogP contribution in [0.5, 0.6) is 0 Å². The molecule has 1 aliphatic rings. The zero-order valence-electron chi connectivity index (χ0n) is 34.1. The Morgan fingerprint density at radius 2 is 1.79 bits per heavy atom. The molecule has 19 heteroatoms. The van der Waals surface area contributed by atoms with Crippen molar-refractivity contribution in [2.24, 2.45) is 5.14 Å². The number of fused-ring (bicyclic) bond motifs is 1. The molecule has 0 bridgehead atoms. The number of hydrogen-bond acceptors (Lipinski definition) is 13. The number of anilines is 2. The zero-order valence-corrected chi connectivity index (χ0v) is 35.6. The second-order valence-corrected chi connectivity index (χ2v) is 16.2. The number of Topliss-reactive ketones (excluding diaryl/α,β-unsaturated/α-hetero) is 1. The van der Waals surface area contributed by atoms with Gasteiger partial charge in [-0.2, -0.15) is 0 Å². The van der Waals surface area contributed by atoms with Crippen molar-refractivity contribution in [2.45, 2.75) is 84.0 Å². The second kappa shape index (κ2) is 19.9. The van der Waals surface area contributed by atoms with Gasteiger partial charge in [0.1, 0.15) is 29.1 Å². The van der Waals surface area contributed by atoms with Crippen LogP contribution in [0.3, 0.4) is 0 Å². The van der Waals surface area contributed by atoms with Crippen LogP contribution in [0.2, 0.25) is 5.02 Å². The van der Waals surface area contributed by atoms with Crippen LogP contribution in [0.4, 0.5) is 11.4 Å². The lowest BCUT2D eigenvalue weighted by atomic mass is 9.98. The molecule has 6 N–H and O–H groups in total. The van der Waals surface area contributed by atoms with Gasteiger partial charge in [-0.3, -0.25) is 19.2 Å².